The van der Waals surface area contributed by atoms with Gasteiger partial charge in [-0.25, -0.2) is 0 Å². The lowest BCUT2D eigenvalue weighted by Crippen LogP contribution is -2.36. The Kier molecular flexibility index (Phi) is 5.74. The maximum absolute atomic E-state index is 11.9. The van der Waals surface area contributed by atoms with Gasteiger partial charge in [0.15, 0.2) is 5.82 Å². The van der Waals surface area contributed by atoms with E-state index in [1.165, 1.54) is 0 Å². The van der Waals surface area contributed by atoms with E-state index in [4.69, 9.17) is 4.74 Å². The third kappa shape index (κ3) is 4.86. The van der Waals surface area contributed by atoms with Gasteiger partial charge in [-0.05, 0) is 12.8 Å². The summed E-state index contributed by atoms with van der Waals surface area (Å²) >= 11 is 0. The number of hydrogen-bond acceptors (Lipinski definition) is 6. The lowest BCUT2D eigenvalue weighted by atomic mass is 9.99. The smallest absolute Gasteiger partial charge is 0.223 e. The summed E-state index contributed by atoms with van der Waals surface area (Å²) in [6, 6.07) is 1.92. The molecule has 0 aromatic carbocycles. The van der Waals surface area contributed by atoms with Crippen molar-refractivity contribution in [3.63, 3.8) is 0 Å². The van der Waals surface area contributed by atoms with Crippen LogP contribution in [0.1, 0.15) is 12.8 Å². The van der Waals surface area contributed by atoms with Gasteiger partial charge < -0.3 is 20.3 Å². The van der Waals surface area contributed by atoms with Crippen molar-refractivity contribution in [1.82, 2.24) is 15.5 Å². The van der Waals surface area contributed by atoms with E-state index in [0.29, 0.717) is 32.1 Å². The molecule has 1 aliphatic rings. The Morgan fingerprint density at radius 1 is 1.38 bits per heavy atom. The lowest BCUT2D eigenvalue weighted by molar-refractivity contribution is -0.127. The molecule has 21 heavy (non-hydrogen) atoms. The summed E-state index contributed by atoms with van der Waals surface area (Å²) < 4.78 is 5.25. The minimum atomic E-state index is 0.0932. The van der Waals surface area contributed by atoms with E-state index in [2.05, 4.69) is 20.8 Å². The van der Waals surface area contributed by atoms with Crippen LogP contribution in [-0.4, -0.2) is 56.5 Å². The molecule has 0 unspecified atom stereocenters. The molecule has 1 fully saturated rings. The van der Waals surface area contributed by atoms with E-state index in [9.17, 15) is 4.79 Å². The van der Waals surface area contributed by atoms with Gasteiger partial charge in [-0.1, -0.05) is 0 Å². The van der Waals surface area contributed by atoms with Gasteiger partial charge in [-0.2, -0.15) is 5.10 Å². The number of carbonyl (C=O) groups is 1. The predicted molar refractivity (Wildman–Crippen MR) is 81.4 cm³/mol. The molecule has 0 spiro atoms. The fraction of sp³-hybridized carbons (Fsp3) is 0.643. The minimum absolute atomic E-state index is 0.0932. The minimum Gasteiger partial charge on any atom is -0.381 e. The van der Waals surface area contributed by atoms with E-state index in [1.54, 1.807) is 6.20 Å². The number of carbonyl (C=O) groups excluding carboxylic acids is 1. The van der Waals surface area contributed by atoms with Crippen LogP contribution in [-0.2, 0) is 9.53 Å². The molecule has 0 atom stereocenters. The summed E-state index contributed by atoms with van der Waals surface area (Å²) in [7, 11) is 3.91. The van der Waals surface area contributed by atoms with Crippen LogP contribution in [0.2, 0.25) is 0 Å². The third-order valence-corrected chi connectivity index (χ3v) is 3.48. The molecule has 1 aromatic rings. The van der Waals surface area contributed by atoms with E-state index in [-0.39, 0.29) is 11.8 Å². The molecule has 7 heteroatoms. The van der Waals surface area contributed by atoms with Crippen molar-refractivity contribution in [2.75, 3.05) is 50.6 Å². The Labute approximate surface area is 125 Å². The largest absolute Gasteiger partial charge is 0.381 e. The monoisotopic (exact) mass is 293 g/mol. The van der Waals surface area contributed by atoms with Crippen LogP contribution >= 0.6 is 0 Å². The highest BCUT2D eigenvalue weighted by molar-refractivity contribution is 5.78. The Bertz CT molecular complexity index is 460. The molecule has 0 saturated carbocycles. The van der Waals surface area contributed by atoms with Crippen molar-refractivity contribution in [2.45, 2.75) is 12.8 Å². The van der Waals surface area contributed by atoms with Crippen molar-refractivity contribution in [3.05, 3.63) is 12.3 Å². The van der Waals surface area contributed by atoms with Crippen LogP contribution in [0.3, 0.4) is 0 Å². The number of rotatable bonds is 6. The highest BCUT2D eigenvalue weighted by Gasteiger charge is 2.20. The maximum Gasteiger partial charge on any atom is 0.223 e. The van der Waals surface area contributed by atoms with E-state index < -0.39 is 0 Å². The average molecular weight is 293 g/mol. The van der Waals surface area contributed by atoms with Gasteiger partial charge in [0.25, 0.3) is 0 Å². The van der Waals surface area contributed by atoms with Gasteiger partial charge >= 0.3 is 0 Å². The fourth-order valence-electron chi connectivity index (χ4n) is 2.17. The van der Waals surface area contributed by atoms with Gasteiger partial charge in [-0.3, -0.25) is 4.79 Å². The number of nitrogens with zero attached hydrogens (tertiary/aromatic N) is 3. The number of aromatic nitrogens is 2. The quantitative estimate of drug-likeness (QED) is 0.744. The molecule has 0 radical (unpaired) electrons. The first-order valence-electron chi connectivity index (χ1n) is 7.26. The summed E-state index contributed by atoms with van der Waals surface area (Å²) in [4.78, 5) is 13.9. The fourth-order valence-corrected chi connectivity index (χ4v) is 2.17. The standard InChI is InChI=1S/C14H23N5O2/c1-19(2)12-9-13(18-17-10-12)15-5-6-16-14(20)11-3-7-21-8-4-11/h9-11H,3-8H2,1-2H3,(H,15,18)(H,16,20). The molecule has 1 aliphatic heterocycles. The summed E-state index contributed by atoms with van der Waals surface area (Å²) in [5, 5.41) is 14.1. The predicted octanol–water partition coefficient (Wildman–Crippen LogP) is 0.497. The van der Waals surface area contributed by atoms with Crippen molar-refractivity contribution in [1.29, 1.82) is 0 Å². The van der Waals surface area contributed by atoms with E-state index in [0.717, 1.165) is 18.5 Å². The van der Waals surface area contributed by atoms with Crippen molar-refractivity contribution >= 4 is 17.4 Å². The number of amides is 1. The van der Waals surface area contributed by atoms with Crippen LogP contribution in [0.25, 0.3) is 0 Å². The average Bonchev–Trinajstić information content (AvgIpc) is 2.52. The van der Waals surface area contributed by atoms with Gasteiger partial charge in [0.05, 0.1) is 11.9 Å². The Morgan fingerprint density at radius 3 is 2.86 bits per heavy atom. The molecule has 116 valence electrons. The second-order valence-electron chi connectivity index (χ2n) is 5.30. The van der Waals surface area contributed by atoms with E-state index in [1.807, 2.05) is 25.1 Å². The van der Waals surface area contributed by atoms with Crippen LogP contribution in [0.15, 0.2) is 12.3 Å². The first-order chi connectivity index (χ1) is 10.2. The first-order valence-corrected chi connectivity index (χ1v) is 7.26. The van der Waals surface area contributed by atoms with Gasteiger partial charge in [-0.15, -0.1) is 5.10 Å². The summed E-state index contributed by atoms with van der Waals surface area (Å²) in [5.74, 6) is 0.922. The molecule has 7 nitrogen and oxygen atoms in total. The number of anilines is 2. The molecule has 1 saturated heterocycles. The summed E-state index contributed by atoms with van der Waals surface area (Å²) in [6.45, 7) is 2.57. The Hall–Kier alpha value is -1.89. The molecule has 0 aliphatic carbocycles. The molecule has 1 amide bonds. The SMILES string of the molecule is CN(C)c1cnnc(NCCNC(=O)C2CCOCC2)c1. The Morgan fingerprint density at radius 2 is 2.14 bits per heavy atom. The second-order valence-corrected chi connectivity index (χ2v) is 5.30. The highest BCUT2D eigenvalue weighted by Crippen LogP contribution is 2.14. The van der Waals surface area contributed by atoms with Crippen LogP contribution in [0.4, 0.5) is 11.5 Å². The summed E-state index contributed by atoms with van der Waals surface area (Å²) in [6.07, 6.45) is 3.34. The Balaban J connectivity index is 1.69. The van der Waals surface area contributed by atoms with Gasteiger partial charge in [0.2, 0.25) is 5.91 Å². The molecule has 2 heterocycles. The number of nitrogens with one attached hydrogen (secondary N) is 2. The molecule has 0 bridgehead atoms. The molecular formula is C14H23N5O2. The second kappa shape index (κ2) is 7.78. The van der Waals surface area contributed by atoms with Gasteiger partial charge in [0.1, 0.15) is 0 Å². The van der Waals surface area contributed by atoms with Crippen molar-refractivity contribution < 1.29 is 9.53 Å². The first kappa shape index (κ1) is 15.5. The van der Waals surface area contributed by atoms with Crippen LogP contribution in [0, 0.1) is 5.92 Å². The summed E-state index contributed by atoms with van der Waals surface area (Å²) in [5.41, 5.74) is 0.985. The van der Waals surface area contributed by atoms with Crippen LogP contribution in [0.5, 0.6) is 0 Å². The van der Waals surface area contributed by atoms with E-state index >= 15 is 0 Å². The maximum atomic E-state index is 11.9. The molecule has 2 rings (SSSR count). The lowest BCUT2D eigenvalue weighted by Gasteiger charge is -2.21. The van der Waals surface area contributed by atoms with Crippen molar-refractivity contribution in [2.24, 2.45) is 5.92 Å². The zero-order valence-corrected chi connectivity index (χ0v) is 12.6. The molecular weight excluding hydrogens is 270 g/mol. The topological polar surface area (TPSA) is 79.4 Å². The molecule has 2 N–H and O–H groups in total. The molecule has 1 aromatic heterocycles. The zero-order chi connectivity index (χ0) is 15.1. The normalized spacial score (nSPS) is 15.5. The number of ether oxygens (including phenoxy) is 1. The van der Waals surface area contributed by atoms with Crippen molar-refractivity contribution in [3.8, 4) is 0 Å². The highest BCUT2D eigenvalue weighted by atomic mass is 16.5. The third-order valence-electron chi connectivity index (χ3n) is 3.48. The zero-order valence-electron chi connectivity index (χ0n) is 12.6. The number of hydrogen-bond donors (Lipinski definition) is 2. The van der Waals surface area contributed by atoms with Crippen LogP contribution < -0.4 is 15.5 Å². The van der Waals surface area contributed by atoms with Gasteiger partial charge in [0, 0.05) is 52.4 Å².